The van der Waals surface area contributed by atoms with E-state index in [9.17, 15) is 4.79 Å². The SMILES string of the molecule is CCC1(C)NC(C(C)C)N(CCC2CCCC(C)C2)C1=O. The summed E-state index contributed by atoms with van der Waals surface area (Å²) in [6.07, 6.45) is 7.74. The molecule has 3 nitrogen and oxygen atoms in total. The van der Waals surface area contributed by atoms with E-state index in [0.29, 0.717) is 11.8 Å². The van der Waals surface area contributed by atoms with Crippen LogP contribution in [0.4, 0.5) is 0 Å². The molecule has 0 aromatic heterocycles. The van der Waals surface area contributed by atoms with Crippen LogP contribution < -0.4 is 5.32 Å². The van der Waals surface area contributed by atoms with Gasteiger partial charge in [-0.15, -0.1) is 0 Å². The van der Waals surface area contributed by atoms with Crippen molar-refractivity contribution in [2.24, 2.45) is 17.8 Å². The Labute approximate surface area is 130 Å². The highest BCUT2D eigenvalue weighted by Crippen LogP contribution is 2.33. The molecule has 21 heavy (non-hydrogen) atoms. The van der Waals surface area contributed by atoms with Gasteiger partial charge >= 0.3 is 0 Å². The van der Waals surface area contributed by atoms with E-state index in [1.807, 2.05) is 0 Å². The Kier molecular flexibility index (Phi) is 5.34. The van der Waals surface area contributed by atoms with Gasteiger partial charge in [0.2, 0.25) is 5.91 Å². The van der Waals surface area contributed by atoms with Gasteiger partial charge in [-0.25, -0.2) is 0 Å². The van der Waals surface area contributed by atoms with Crippen molar-refractivity contribution in [2.45, 2.75) is 84.8 Å². The maximum atomic E-state index is 12.8. The molecule has 0 bridgehead atoms. The number of hydrogen-bond acceptors (Lipinski definition) is 2. The lowest BCUT2D eigenvalue weighted by Crippen LogP contribution is -2.45. The third-order valence-electron chi connectivity index (χ3n) is 5.70. The molecule has 1 saturated carbocycles. The van der Waals surface area contributed by atoms with Gasteiger partial charge in [0.05, 0.1) is 11.7 Å². The van der Waals surface area contributed by atoms with E-state index in [4.69, 9.17) is 0 Å². The van der Waals surface area contributed by atoms with Crippen molar-refractivity contribution in [3.8, 4) is 0 Å². The molecule has 122 valence electrons. The van der Waals surface area contributed by atoms with Crippen molar-refractivity contribution in [3.63, 3.8) is 0 Å². The molecule has 1 aliphatic heterocycles. The summed E-state index contributed by atoms with van der Waals surface area (Å²) in [5, 5.41) is 3.59. The first-order valence-electron chi connectivity index (χ1n) is 8.96. The summed E-state index contributed by atoms with van der Waals surface area (Å²) in [7, 11) is 0. The Morgan fingerprint density at radius 1 is 1.38 bits per heavy atom. The quantitative estimate of drug-likeness (QED) is 0.837. The van der Waals surface area contributed by atoms with Gasteiger partial charge in [-0.1, -0.05) is 47.0 Å². The summed E-state index contributed by atoms with van der Waals surface area (Å²) in [5.41, 5.74) is -0.352. The van der Waals surface area contributed by atoms with Crippen molar-refractivity contribution in [2.75, 3.05) is 6.54 Å². The molecule has 4 atom stereocenters. The van der Waals surface area contributed by atoms with Gasteiger partial charge in [0, 0.05) is 6.54 Å². The highest BCUT2D eigenvalue weighted by molar-refractivity contribution is 5.88. The van der Waals surface area contributed by atoms with Crippen LogP contribution in [-0.2, 0) is 4.79 Å². The summed E-state index contributed by atoms with van der Waals surface area (Å²) in [5.74, 6) is 2.47. The van der Waals surface area contributed by atoms with Crippen molar-refractivity contribution < 1.29 is 4.79 Å². The van der Waals surface area contributed by atoms with Crippen LogP contribution in [0.3, 0.4) is 0 Å². The Bertz CT molecular complexity index is 368. The summed E-state index contributed by atoms with van der Waals surface area (Å²) < 4.78 is 0. The van der Waals surface area contributed by atoms with Crippen molar-refractivity contribution in [3.05, 3.63) is 0 Å². The Morgan fingerprint density at radius 3 is 2.67 bits per heavy atom. The molecular weight excluding hydrogens is 260 g/mol. The fourth-order valence-corrected chi connectivity index (χ4v) is 4.07. The average molecular weight is 294 g/mol. The molecule has 1 amide bonds. The Balaban J connectivity index is 1.97. The van der Waals surface area contributed by atoms with E-state index in [1.165, 1.54) is 32.1 Å². The van der Waals surface area contributed by atoms with Crippen LogP contribution in [0.1, 0.15) is 73.1 Å². The van der Waals surface area contributed by atoms with E-state index in [-0.39, 0.29) is 11.7 Å². The number of hydrogen-bond donors (Lipinski definition) is 1. The minimum absolute atomic E-state index is 0.212. The predicted octanol–water partition coefficient (Wildman–Crippen LogP) is 3.79. The highest BCUT2D eigenvalue weighted by Gasteiger charge is 2.47. The minimum Gasteiger partial charge on any atom is -0.325 e. The Hall–Kier alpha value is -0.570. The number of nitrogens with zero attached hydrogens (tertiary/aromatic N) is 1. The molecule has 1 aliphatic carbocycles. The number of carbonyl (C=O) groups excluding carboxylic acids is 1. The zero-order chi connectivity index (χ0) is 15.6. The smallest absolute Gasteiger partial charge is 0.243 e. The van der Waals surface area contributed by atoms with Gasteiger partial charge in [0.25, 0.3) is 0 Å². The summed E-state index contributed by atoms with van der Waals surface area (Å²) in [4.78, 5) is 14.9. The number of amides is 1. The molecule has 2 fully saturated rings. The number of nitrogens with one attached hydrogen (secondary N) is 1. The summed E-state index contributed by atoms with van der Waals surface area (Å²) >= 11 is 0. The lowest BCUT2D eigenvalue weighted by Gasteiger charge is -2.31. The lowest BCUT2D eigenvalue weighted by molar-refractivity contribution is -0.133. The van der Waals surface area contributed by atoms with E-state index in [1.54, 1.807) is 0 Å². The van der Waals surface area contributed by atoms with Gasteiger partial charge in [-0.2, -0.15) is 0 Å². The number of carbonyl (C=O) groups is 1. The van der Waals surface area contributed by atoms with Crippen LogP contribution in [0.2, 0.25) is 0 Å². The van der Waals surface area contributed by atoms with Crippen molar-refractivity contribution in [1.29, 1.82) is 0 Å². The summed E-state index contributed by atoms with van der Waals surface area (Å²) in [6.45, 7) is 11.9. The lowest BCUT2D eigenvalue weighted by atomic mass is 9.81. The third kappa shape index (κ3) is 3.61. The fourth-order valence-electron chi connectivity index (χ4n) is 4.07. The van der Waals surface area contributed by atoms with E-state index < -0.39 is 0 Å². The third-order valence-corrected chi connectivity index (χ3v) is 5.70. The average Bonchev–Trinajstić information content (AvgIpc) is 2.70. The normalized spacial score (nSPS) is 37.5. The highest BCUT2D eigenvalue weighted by atomic mass is 16.2. The largest absolute Gasteiger partial charge is 0.325 e. The van der Waals surface area contributed by atoms with Gasteiger partial charge in [0.1, 0.15) is 0 Å². The maximum Gasteiger partial charge on any atom is 0.243 e. The monoisotopic (exact) mass is 294 g/mol. The number of rotatable bonds is 5. The molecule has 0 aromatic rings. The maximum absolute atomic E-state index is 12.8. The van der Waals surface area contributed by atoms with Crippen LogP contribution in [0.25, 0.3) is 0 Å². The van der Waals surface area contributed by atoms with Crippen molar-refractivity contribution >= 4 is 5.91 Å². The molecule has 1 heterocycles. The zero-order valence-corrected chi connectivity index (χ0v) is 14.6. The molecule has 3 heteroatoms. The van der Waals surface area contributed by atoms with Gasteiger partial charge in [0.15, 0.2) is 0 Å². The first-order chi connectivity index (χ1) is 9.87. The molecule has 2 aliphatic rings. The van der Waals surface area contributed by atoms with E-state index >= 15 is 0 Å². The predicted molar refractivity (Wildman–Crippen MR) is 87.9 cm³/mol. The standard InChI is InChI=1S/C18H34N2O/c1-6-18(5)17(21)20(16(19-18)13(2)3)11-10-15-9-7-8-14(4)12-15/h13-16,19H,6-12H2,1-5H3. The van der Waals surface area contributed by atoms with E-state index in [0.717, 1.165) is 24.8 Å². The van der Waals surface area contributed by atoms with Gasteiger partial charge in [-0.05, 0) is 43.9 Å². The minimum atomic E-state index is -0.352. The molecule has 2 rings (SSSR count). The van der Waals surface area contributed by atoms with Gasteiger partial charge in [-0.3, -0.25) is 10.1 Å². The molecule has 0 aromatic carbocycles. The van der Waals surface area contributed by atoms with Crippen molar-refractivity contribution in [1.82, 2.24) is 10.2 Å². The molecule has 0 radical (unpaired) electrons. The molecule has 1 N–H and O–H groups in total. The second-order valence-electron chi connectivity index (χ2n) is 7.94. The molecule has 4 unspecified atom stereocenters. The van der Waals surface area contributed by atoms with Crippen LogP contribution in [0.5, 0.6) is 0 Å². The Morgan fingerprint density at radius 2 is 2.10 bits per heavy atom. The van der Waals surface area contributed by atoms with Gasteiger partial charge < -0.3 is 4.90 Å². The first-order valence-corrected chi connectivity index (χ1v) is 8.96. The topological polar surface area (TPSA) is 32.3 Å². The zero-order valence-electron chi connectivity index (χ0n) is 14.6. The molecule has 1 saturated heterocycles. The summed E-state index contributed by atoms with van der Waals surface area (Å²) in [6, 6.07) is 0. The second kappa shape index (κ2) is 6.68. The van der Waals surface area contributed by atoms with Crippen LogP contribution in [0.15, 0.2) is 0 Å². The molecular formula is C18H34N2O. The van der Waals surface area contributed by atoms with E-state index in [2.05, 4.69) is 44.8 Å². The fraction of sp³-hybridized carbons (Fsp3) is 0.944. The second-order valence-corrected chi connectivity index (χ2v) is 7.94. The van der Waals surface area contributed by atoms with Crippen LogP contribution in [0, 0.1) is 17.8 Å². The molecule has 0 spiro atoms. The van der Waals surface area contributed by atoms with Crippen LogP contribution >= 0.6 is 0 Å². The first kappa shape index (κ1) is 16.8. The van der Waals surface area contributed by atoms with Crippen LogP contribution in [-0.4, -0.2) is 29.1 Å².